The van der Waals surface area contributed by atoms with E-state index in [1.54, 1.807) is 0 Å². The molecule has 2 bridgehead atoms. The normalized spacial score (nSPS) is 24.3. The van der Waals surface area contributed by atoms with Gasteiger partial charge in [0.05, 0.1) is 6.61 Å². The molecule has 2 aromatic carbocycles. The molecule has 1 saturated heterocycles. The molecule has 5 rings (SSSR count). The van der Waals surface area contributed by atoms with Gasteiger partial charge in [0.25, 0.3) is 5.91 Å². The van der Waals surface area contributed by atoms with Crippen LogP contribution in [0.1, 0.15) is 72.5 Å². The maximum atomic E-state index is 12.7. The van der Waals surface area contributed by atoms with Crippen molar-refractivity contribution in [3.8, 4) is 5.75 Å². The van der Waals surface area contributed by atoms with E-state index < -0.39 is 0 Å². The number of ether oxygens (including phenoxy) is 1. The molecule has 3 atom stereocenters. The Labute approximate surface area is 192 Å². The summed E-state index contributed by atoms with van der Waals surface area (Å²) in [5, 5.41) is 3.25. The number of nitrogens with zero attached hydrogens (tertiary/aromatic N) is 1. The van der Waals surface area contributed by atoms with Crippen molar-refractivity contribution in [1.29, 1.82) is 0 Å². The van der Waals surface area contributed by atoms with Crippen molar-refractivity contribution in [2.24, 2.45) is 5.92 Å². The summed E-state index contributed by atoms with van der Waals surface area (Å²) in [4.78, 5) is 15.4. The third-order valence-electron chi connectivity index (χ3n) is 7.63. The van der Waals surface area contributed by atoms with Crippen LogP contribution in [0.4, 0.5) is 0 Å². The lowest BCUT2D eigenvalue weighted by Crippen LogP contribution is -2.39. The molecule has 1 saturated carbocycles. The first kappa shape index (κ1) is 21.5. The molecule has 3 aliphatic rings. The van der Waals surface area contributed by atoms with Crippen molar-refractivity contribution in [3.05, 3.63) is 64.7 Å². The fraction of sp³-hybridized carbons (Fsp3) is 0.536. The summed E-state index contributed by atoms with van der Waals surface area (Å²) in [6, 6.07) is 15.6. The van der Waals surface area contributed by atoms with Gasteiger partial charge in [-0.15, -0.1) is 0 Å². The molecule has 170 valence electrons. The predicted octanol–water partition coefficient (Wildman–Crippen LogP) is 5.14. The Kier molecular flexibility index (Phi) is 6.49. The van der Waals surface area contributed by atoms with E-state index in [4.69, 9.17) is 4.74 Å². The predicted molar refractivity (Wildman–Crippen MR) is 128 cm³/mol. The van der Waals surface area contributed by atoms with Crippen molar-refractivity contribution in [2.75, 3.05) is 13.2 Å². The molecule has 2 aliphatic carbocycles. The van der Waals surface area contributed by atoms with Crippen LogP contribution in [0.3, 0.4) is 0 Å². The van der Waals surface area contributed by atoms with Crippen molar-refractivity contribution in [2.45, 2.75) is 76.9 Å². The number of benzene rings is 2. The van der Waals surface area contributed by atoms with E-state index in [0.717, 1.165) is 63.0 Å². The maximum Gasteiger partial charge on any atom is 0.251 e. The first-order valence-corrected chi connectivity index (χ1v) is 12.6. The number of unbranched alkanes of at least 4 members (excludes halogenated alkanes) is 1. The van der Waals surface area contributed by atoms with Gasteiger partial charge in [-0.1, -0.05) is 31.5 Å². The standard InChI is InChI=1S/C28H36N2O2/c1-2-3-14-32-27-12-8-22(9-13-27)28(31)29-25-10-7-23-15-20(4-6-24(23)17-25)18-30-19-21-5-11-26(30)16-21/h4,6,8-9,12-13,15,21,25-26H,2-3,5,7,10-11,14,16-19H2,1H3,(H,29,31)/t21?,25-,26?/m0/s1. The van der Waals surface area contributed by atoms with E-state index in [1.807, 2.05) is 24.3 Å². The minimum Gasteiger partial charge on any atom is -0.494 e. The molecule has 2 unspecified atom stereocenters. The summed E-state index contributed by atoms with van der Waals surface area (Å²) in [5.41, 5.74) is 5.03. The second kappa shape index (κ2) is 9.66. The van der Waals surface area contributed by atoms with Gasteiger partial charge in [0.15, 0.2) is 0 Å². The lowest BCUT2D eigenvalue weighted by Gasteiger charge is -2.29. The van der Waals surface area contributed by atoms with Gasteiger partial charge in [-0.3, -0.25) is 9.69 Å². The van der Waals surface area contributed by atoms with Crippen molar-refractivity contribution in [1.82, 2.24) is 10.2 Å². The summed E-state index contributed by atoms with van der Waals surface area (Å²) in [5.74, 6) is 1.80. The molecule has 1 aliphatic heterocycles. The number of likely N-dealkylation sites (tertiary alicyclic amines) is 1. The Balaban J connectivity index is 1.14. The van der Waals surface area contributed by atoms with Gasteiger partial charge in [0, 0.05) is 30.7 Å². The number of amides is 1. The fourth-order valence-electron chi connectivity index (χ4n) is 5.79. The molecular weight excluding hydrogens is 396 g/mol. The highest BCUT2D eigenvalue weighted by Gasteiger charge is 2.37. The van der Waals surface area contributed by atoms with Gasteiger partial charge in [0.2, 0.25) is 0 Å². The average Bonchev–Trinajstić information content (AvgIpc) is 3.43. The van der Waals surface area contributed by atoms with Crippen LogP contribution in [0.15, 0.2) is 42.5 Å². The number of aryl methyl sites for hydroxylation is 1. The lowest BCUT2D eigenvalue weighted by molar-refractivity contribution is 0.0933. The topological polar surface area (TPSA) is 41.6 Å². The van der Waals surface area contributed by atoms with Crippen LogP contribution >= 0.6 is 0 Å². The van der Waals surface area contributed by atoms with Gasteiger partial charge in [-0.25, -0.2) is 0 Å². The molecule has 1 N–H and O–H groups in total. The van der Waals surface area contributed by atoms with Crippen molar-refractivity contribution in [3.63, 3.8) is 0 Å². The summed E-state index contributed by atoms with van der Waals surface area (Å²) in [7, 11) is 0. The molecule has 0 aromatic heterocycles. The highest BCUT2D eigenvalue weighted by atomic mass is 16.5. The van der Waals surface area contributed by atoms with Crippen molar-refractivity contribution < 1.29 is 9.53 Å². The maximum absolute atomic E-state index is 12.7. The largest absolute Gasteiger partial charge is 0.494 e. The quantitative estimate of drug-likeness (QED) is 0.588. The van der Waals surface area contributed by atoms with E-state index in [1.165, 1.54) is 42.5 Å². The molecule has 32 heavy (non-hydrogen) atoms. The van der Waals surface area contributed by atoms with E-state index in [9.17, 15) is 4.79 Å². The zero-order chi connectivity index (χ0) is 21.9. The summed E-state index contributed by atoms with van der Waals surface area (Å²) in [6.07, 6.45) is 9.40. The number of rotatable bonds is 8. The summed E-state index contributed by atoms with van der Waals surface area (Å²) in [6.45, 7) is 5.27. The van der Waals surface area contributed by atoms with Crippen LogP contribution in [0.25, 0.3) is 0 Å². The van der Waals surface area contributed by atoms with Crippen LogP contribution in [-0.2, 0) is 19.4 Å². The molecule has 0 radical (unpaired) electrons. The monoisotopic (exact) mass is 432 g/mol. The average molecular weight is 433 g/mol. The zero-order valence-electron chi connectivity index (χ0n) is 19.3. The van der Waals surface area contributed by atoms with Crippen LogP contribution in [0.2, 0.25) is 0 Å². The van der Waals surface area contributed by atoms with Gasteiger partial charge < -0.3 is 10.1 Å². The Hall–Kier alpha value is -2.33. The minimum atomic E-state index is 0.0132. The number of fused-ring (bicyclic) bond motifs is 3. The highest BCUT2D eigenvalue weighted by molar-refractivity contribution is 5.94. The van der Waals surface area contributed by atoms with Crippen LogP contribution in [0.5, 0.6) is 5.75 Å². The fourth-order valence-corrected chi connectivity index (χ4v) is 5.79. The van der Waals surface area contributed by atoms with E-state index >= 15 is 0 Å². The third kappa shape index (κ3) is 4.85. The lowest BCUT2D eigenvalue weighted by atomic mass is 9.87. The Morgan fingerprint density at radius 2 is 1.97 bits per heavy atom. The molecule has 2 aromatic rings. The molecule has 0 spiro atoms. The van der Waals surface area contributed by atoms with E-state index in [2.05, 4.69) is 35.3 Å². The van der Waals surface area contributed by atoms with Crippen LogP contribution in [-0.4, -0.2) is 36.0 Å². The first-order chi connectivity index (χ1) is 15.7. The van der Waals surface area contributed by atoms with E-state index in [0.29, 0.717) is 5.56 Å². The van der Waals surface area contributed by atoms with Gasteiger partial charge in [0.1, 0.15) is 5.75 Å². The summed E-state index contributed by atoms with van der Waals surface area (Å²) < 4.78 is 5.70. The molecule has 2 fully saturated rings. The molecule has 4 nitrogen and oxygen atoms in total. The number of hydrogen-bond donors (Lipinski definition) is 1. The molecular formula is C28H36N2O2. The zero-order valence-corrected chi connectivity index (χ0v) is 19.3. The SMILES string of the molecule is CCCCOc1ccc(C(=O)N[C@H]2CCc3cc(CN4CC5CCC4C5)ccc3C2)cc1. The van der Waals surface area contributed by atoms with Crippen LogP contribution < -0.4 is 10.1 Å². The number of piperidine rings is 1. The van der Waals surface area contributed by atoms with Gasteiger partial charge in [-0.2, -0.15) is 0 Å². The van der Waals surface area contributed by atoms with E-state index in [-0.39, 0.29) is 11.9 Å². The number of carbonyl (C=O) groups excluding carboxylic acids is 1. The smallest absolute Gasteiger partial charge is 0.251 e. The molecule has 1 heterocycles. The Bertz CT molecular complexity index is 939. The number of nitrogens with one attached hydrogen (secondary N) is 1. The van der Waals surface area contributed by atoms with Crippen LogP contribution in [0, 0.1) is 5.92 Å². The molecule has 4 heteroatoms. The Morgan fingerprint density at radius 1 is 1.09 bits per heavy atom. The number of carbonyl (C=O) groups is 1. The molecule has 1 amide bonds. The third-order valence-corrected chi connectivity index (χ3v) is 7.63. The second-order valence-electron chi connectivity index (χ2n) is 10.0. The van der Waals surface area contributed by atoms with Crippen molar-refractivity contribution >= 4 is 5.91 Å². The Morgan fingerprint density at radius 3 is 2.72 bits per heavy atom. The highest BCUT2D eigenvalue weighted by Crippen LogP contribution is 2.38. The first-order valence-electron chi connectivity index (χ1n) is 12.6. The number of hydrogen-bond acceptors (Lipinski definition) is 3. The second-order valence-corrected chi connectivity index (χ2v) is 10.0. The van der Waals surface area contributed by atoms with Gasteiger partial charge in [-0.05, 0) is 91.8 Å². The minimum absolute atomic E-state index is 0.0132. The summed E-state index contributed by atoms with van der Waals surface area (Å²) >= 11 is 0. The van der Waals surface area contributed by atoms with Gasteiger partial charge >= 0.3 is 0 Å².